The predicted octanol–water partition coefficient (Wildman–Crippen LogP) is 1.85. The van der Waals surface area contributed by atoms with Crippen molar-refractivity contribution in [3.63, 3.8) is 0 Å². The molecular formula is C12H19NO2S. The molecule has 16 heavy (non-hydrogen) atoms. The molecule has 3 nitrogen and oxygen atoms in total. The monoisotopic (exact) mass is 241 g/mol. The molecule has 4 heteroatoms. The Bertz CT molecular complexity index is 345. The second-order valence-electron chi connectivity index (χ2n) is 4.57. The smallest absolute Gasteiger partial charge is 0.0972 e. The molecule has 90 valence electrons. The van der Waals surface area contributed by atoms with Crippen LogP contribution in [0.4, 0.5) is 0 Å². The molecule has 1 saturated heterocycles. The average Bonchev–Trinajstić information content (AvgIpc) is 2.76. The highest BCUT2D eigenvalue weighted by Crippen LogP contribution is 2.42. The molecule has 1 aromatic heterocycles. The van der Waals surface area contributed by atoms with Gasteiger partial charge in [0, 0.05) is 28.3 Å². The predicted molar refractivity (Wildman–Crippen MR) is 65.6 cm³/mol. The van der Waals surface area contributed by atoms with E-state index in [1.807, 2.05) is 19.1 Å². The molecule has 2 atom stereocenters. The van der Waals surface area contributed by atoms with E-state index in [1.54, 1.807) is 11.3 Å². The molecule has 0 spiro atoms. The number of ether oxygens (including phenoxy) is 1. The molecule has 0 amide bonds. The third-order valence-electron chi connectivity index (χ3n) is 3.37. The van der Waals surface area contributed by atoms with Crippen molar-refractivity contribution in [1.82, 2.24) is 0 Å². The number of thiophene rings is 1. The summed E-state index contributed by atoms with van der Waals surface area (Å²) in [7, 11) is 0. The Balaban J connectivity index is 2.20. The Kier molecular flexibility index (Phi) is 3.64. The minimum atomic E-state index is -0.489. The zero-order chi connectivity index (χ0) is 11.6. The lowest BCUT2D eigenvalue weighted by Crippen LogP contribution is -2.43. The fraction of sp³-hybridized carbons (Fsp3) is 0.667. The highest BCUT2D eigenvalue weighted by molar-refractivity contribution is 7.12. The molecule has 0 saturated carbocycles. The first-order valence-corrected chi connectivity index (χ1v) is 6.52. The summed E-state index contributed by atoms with van der Waals surface area (Å²) in [6.07, 6.45) is 1.44. The largest absolute Gasteiger partial charge is 0.387 e. The lowest BCUT2D eigenvalue weighted by atomic mass is 9.77. The molecule has 2 heterocycles. The first-order valence-electron chi connectivity index (χ1n) is 5.70. The summed E-state index contributed by atoms with van der Waals surface area (Å²) in [5, 5.41) is 10.5. The van der Waals surface area contributed by atoms with Gasteiger partial charge in [-0.05, 0) is 31.9 Å². The van der Waals surface area contributed by atoms with Crippen LogP contribution in [0, 0.1) is 12.3 Å². The molecule has 1 aliphatic rings. The lowest BCUT2D eigenvalue weighted by Gasteiger charge is -2.39. The fourth-order valence-corrected chi connectivity index (χ4v) is 3.27. The molecule has 2 rings (SSSR count). The summed E-state index contributed by atoms with van der Waals surface area (Å²) in [6, 6.07) is 4.04. The summed E-state index contributed by atoms with van der Waals surface area (Å²) < 4.78 is 5.49. The number of hydrogen-bond donors (Lipinski definition) is 2. The third kappa shape index (κ3) is 2.15. The SMILES string of the molecule is Cc1ccc(C(O)C2(CN)CCCOC2)s1. The Labute approximate surface area is 100 Å². The van der Waals surface area contributed by atoms with Crippen LogP contribution in [0.2, 0.25) is 0 Å². The minimum absolute atomic E-state index is 0.282. The molecule has 1 aliphatic heterocycles. The molecule has 2 unspecified atom stereocenters. The summed E-state index contributed by atoms with van der Waals surface area (Å²) in [4.78, 5) is 2.23. The van der Waals surface area contributed by atoms with Crippen molar-refractivity contribution >= 4 is 11.3 Å². The van der Waals surface area contributed by atoms with E-state index in [9.17, 15) is 5.11 Å². The van der Waals surface area contributed by atoms with Crippen LogP contribution >= 0.6 is 11.3 Å². The first kappa shape index (κ1) is 12.0. The molecule has 0 aromatic carbocycles. The summed E-state index contributed by atoms with van der Waals surface area (Å²) in [5.41, 5.74) is 5.57. The van der Waals surface area contributed by atoms with Crippen LogP contribution < -0.4 is 5.73 Å². The number of aliphatic hydroxyl groups excluding tert-OH is 1. The van der Waals surface area contributed by atoms with E-state index < -0.39 is 6.10 Å². The van der Waals surface area contributed by atoms with E-state index in [1.165, 1.54) is 4.88 Å². The van der Waals surface area contributed by atoms with E-state index in [4.69, 9.17) is 10.5 Å². The van der Waals surface area contributed by atoms with Crippen LogP contribution in [0.25, 0.3) is 0 Å². The average molecular weight is 241 g/mol. The van der Waals surface area contributed by atoms with Crippen LogP contribution in [-0.2, 0) is 4.74 Å². The van der Waals surface area contributed by atoms with Crippen LogP contribution in [0.1, 0.15) is 28.7 Å². The number of aryl methyl sites for hydroxylation is 1. The topological polar surface area (TPSA) is 55.5 Å². The maximum atomic E-state index is 10.5. The second kappa shape index (κ2) is 4.84. The van der Waals surface area contributed by atoms with Crippen molar-refractivity contribution in [3.05, 3.63) is 21.9 Å². The van der Waals surface area contributed by atoms with E-state index in [0.29, 0.717) is 13.2 Å². The van der Waals surface area contributed by atoms with Gasteiger partial charge in [-0.3, -0.25) is 0 Å². The van der Waals surface area contributed by atoms with Gasteiger partial charge in [0.1, 0.15) is 0 Å². The standard InChI is InChI=1S/C12H19NO2S/c1-9-3-4-10(16-9)11(14)12(7-13)5-2-6-15-8-12/h3-4,11,14H,2,5-8,13H2,1H3. The van der Waals surface area contributed by atoms with Crippen molar-refractivity contribution in [2.24, 2.45) is 11.1 Å². The Morgan fingerprint density at radius 3 is 2.94 bits per heavy atom. The van der Waals surface area contributed by atoms with Crippen molar-refractivity contribution in [3.8, 4) is 0 Å². The van der Waals surface area contributed by atoms with Crippen molar-refractivity contribution in [1.29, 1.82) is 0 Å². The van der Waals surface area contributed by atoms with Gasteiger partial charge in [-0.2, -0.15) is 0 Å². The Hall–Kier alpha value is -0.420. The maximum Gasteiger partial charge on any atom is 0.0972 e. The van der Waals surface area contributed by atoms with Gasteiger partial charge >= 0.3 is 0 Å². The number of hydrogen-bond acceptors (Lipinski definition) is 4. The van der Waals surface area contributed by atoms with Crippen LogP contribution in [-0.4, -0.2) is 24.9 Å². The van der Waals surface area contributed by atoms with Gasteiger partial charge in [-0.1, -0.05) is 0 Å². The van der Waals surface area contributed by atoms with Crippen molar-refractivity contribution in [2.75, 3.05) is 19.8 Å². The zero-order valence-corrected chi connectivity index (χ0v) is 10.4. The van der Waals surface area contributed by atoms with Gasteiger partial charge in [0.05, 0.1) is 12.7 Å². The number of rotatable bonds is 3. The highest BCUT2D eigenvalue weighted by Gasteiger charge is 2.40. The van der Waals surface area contributed by atoms with Gasteiger partial charge in [0.15, 0.2) is 0 Å². The Morgan fingerprint density at radius 1 is 1.62 bits per heavy atom. The molecule has 1 aromatic rings. The third-order valence-corrected chi connectivity index (χ3v) is 4.42. The highest BCUT2D eigenvalue weighted by atomic mass is 32.1. The van der Waals surface area contributed by atoms with Gasteiger partial charge in [-0.15, -0.1) is 11.3 Å². The first-order chi connectivity index (χ1) is 7.68. The molecule has 1 fully saturated rings. The van der Waals surface area contributed by atoms with Crippen molar-refractivity contribution < 1.29 is 9.84 Å². The Morgan fingerprint density at radius 2 is 2.44 bits per heavy atom. The van der Waals surface area contributed by atoms with E-state index in [0.717, 1.165) is 24.3 Å². The minimum Gasteiger partial charge on any atom is -0.387 e. The molecular weight excluding hydrogens is 222 g/mol. The molecule has 3 N–H and O–H groups in total. The molecule has 0 bridgehead atoms. The molecule has 0 radical (unpaired) electrons. The summed E-state index contributed by atoms with van der Waals surface area (Å²) >= 11 is 1.64. The van der Waals surface area contributed by atoms with Gasteiger partial charge in [0.25, 0.3) is 0 Å². The van der Waals surface area contributed by atoms with E-state index in [-0.39, 0.29) is 5.41 Å². The normalized spacial score (nSPS) is 27.9. The maximum absolute atomic E-state index is 10.5. The van der Waals surface area contributed by atoms with Crippen LogP contribution in [0.5, 0.6) is 0 Å². The fourth-order valence-electron chi connectivity index (χ4n) is 2.26. The molecule has 0 aliphatic carbocycles. The van der Waals surface area contributed by atoms with Gasteiger partial charge < -0.3 is 15.6 Å². The lowest BCUT2D eigenvalue weighted by molar-refractivity contribution is -0.0768. The van der Waals surface area contributed by atoms with Crippen LogP contribution in [0.3, 0.4) is 0 Å². The number of nitrogens with two attached hydrogens (primary N) is 1. The van der Waals surface area contributed by atoms with Crippen molar-refractivity contribution in [2.45, 2.75) is 25.9 Å². The second-order valence-corrected chi connectivity index (χ2v) is 5.89. The zero-order valence-electron chi connectivity index (χ0n) is 9.61. The van der Waals surface area contributed by atoms with Gasteiger partial charge in [-0.25, -0.2) is 0 Å². The van der Waals surface area contributed by atoms with E-state index in [2.05, 4.69) is 0 Å². The quantitative estimate of drug-likeness (QED) is 0.849. The van der Waals surface area contributed by atoms with Crippen LogP contribution in [0.15, 0.2) is 12.1 Å². The summed E-state index contributed by atoms with van der Waals surface area (Å²) in [5.74, 6) is 0. The summed E-state index contributed by atoms with van der Waals surface area (Å²) in [6.45, 7) is 3.89. The van der Waals surface area contributed by atoms with E-state index >= 15 is 0 Å². The van der Waals surface area contributed by atoms with Gasteiger partial charge in [0.2, 0.25) is 0 Å². The number of aliphatic hydroxyl groups is 1.